The SMILES string of the molecule is CCSCCCC1(CN)Cc2ccccc2C1. The van der Waals surface area contributed by atoms with Crippen molar-refractivity contribution < 1.29 is 0 Å². The largest absolute Gasteiger partial charge is 0.330 e. The average Bonchev–Trinajstić information content (AvgIpc) is 2.74. The number of nitrogens with two attached hydrogens (primary N) is 1. The zero-order chi connectivity index (χ0) is 12.1. The first-order valence-corrected chi connectivity index (χ1v) is 7.80. The van der Waals surface area contributed by atoms with Crippen LogP contribution < -0.4 is 5.73 Å². The van der Waals surface area contributed by atoms with Crippen molar-refractivity contribution in [1.82, 2.24) is 0 Å². The lowest BCUT2D eigenvalue weighted by molar-refractivity contribution is 0.288. The van der Waals surface area contributed by atoms with Gasteiger partial charge in [0.25, 0.3) is 0 Å². The van der Waals surface area contributed by atoms with Gasteiger partial charge in [-0.25, -0.2) is 0 Å². The molecular weight excluding hydrogens is 226 g/mol. The van der Waals surface area contributed by atoms with E-state index in [4.69, 9.17) is 5.73 Å². The molecule has 0 aliphatic heterocycles. The molecule has 0 bridgehead atoms. The zero-order valence-electron chi connectivity index (χ0n) is 10.7. The van der Waals surface area contributed by atoms with Gasteiger partial charge in [0.1, 0.15) is 0 Å². The van der Waals surface area contributed by atoms with E-state index in [0.29, 0.717) is 5.41 Å². The van der Waals surface area contributed by atoms with Crippen LogP contribution in [-0.2, 0) is 12.8 Å². The molecule has 1 aliphatic rings. The normalized spacial score (nSPS) is 17.1. The van der Waals surface area contributed by atoms with Crippen LogP contribution in [0.2, 0.25) is 0 Å². The Bertz CT molecular complexity index is 337. The van der Waals surface area contributed by atoms with Crippen LogP contribution in [0.1, 0.15) is 30.9 Å². The van der Waals surface area contributed by atoms with E-state index in [-0.39, 0.29) is 0 Å². The van der Waals surface area contributed by atoms with Crippen molar-refractivity contribution in [2.45, 2.75) is 32.6 Å². The Morgan fingerprint density at radius 2 is 1.88 bits per heavy atom. The maximum absolute atomic E-state index is 6.06. The Kier molecular flexibility index (Phi) is 4.52. The first-order chi connectivity index (χ1) is 8.29. The van der Waals surface area contributed by atoms with E-state index in [1.807, 2.05) is 11.8 Å². The van der Waals surface area contributed by atoms with Gasteiger partial charge in [-0.15, -0.1) is 0 Å². The summed E-state index contributed by atoms with van der Waals surface area (Å²) in [5.74, 6) is 2.52. The Labute approximate surface area is 109 Å². The van der Waals surface area contributed by atoms with Crippen LogP contribution >= 0.6 is 11.8 Å². The maximum atomic E-state index is 6.06. The Balaban J connectivity index is 1.95. The first-order valence-electron chi connectivity index (χ1n) is 6.64. The third-order valence-corrected chi connectivity index (χ3v) is 4.87. The molecule has 0 atom stereocenters. The Morgan fingerprint density at radius 1 is 1.24 bits per heavy atom. The third-order valence-electron chi connectivity index (χ3n) is 3.88. The topological polar surface area (TPSA) is 26.0 Å². The molecular formula is C15H23NS. The van der Waals surface area contributed by atoms with Gasteiger partial charge in [-0.2, -0.15) is 11.8 Å². The minimum absolute atomic E-state index is 0.359. The highest BCUT2D eigenvalue weighted by molar-refractivity contribution is 7.99. The molecule has 1 aliphatic carbocycles. The summed E-state index contributed by atoms with van der Waals surface area (Å²) < 4.78 is 0. The van der Waals surface area contributed by atoms with Gasteiger partial charge in [-0.3, -0.25) is 0 Å². The van der Waals surface area contributed by atoms with E-state index in [9.17, 15) is 0 Å². The summed E-state index contributed by atoms with van der Waals surface area (Å²) in [5, 5.41) is 0. The van der Waals surface area contributed by atoms with Gasteiger partial charge in [0.2, 0.25) is 0 Å². The molecule has 2 heteroatoms. The lowest BCUT2D eigenvalue weighted by atomic mass is 9.80. The molecule has 2 rings (SSSR count). The number of fused-ring (bicyclic) bond motifs is 1. The molecule has 0 unspecified atom stereocenters. The number of benzene rings is 1. The molecule has 1 nitrogen and oxygen atoms in total. The predicted octanol–water partition coefficient (Wildman–Crippen LogP) is 3.26. The molecule has 0 heterocycles. The monoisotopic (exact) mass is 249 g/mol. The fourth-order valence-corrected chi connectivity index (χ4v) is 3.53. The molecule has 0 saturated carbocycles. The van der Waals surface area contributed by atoms with Crippen LogP contribution in [0.4, 0.5) is 0 Å². The predicted molar refractivity (Wildman–Crippen MR) is 77.6 cm³/mol. The second-order valence-corrected chi connectivity index (χ2v) is 6.52. The van der Waals surface area contributed by atoms with Crippen molar-refractivity contribution >= 4 is 11.8 Å². The van der Waals surface area contributed by atoms with Crippen LogP contribution in [0.25, 0.3) is 0 Å². The van der Waals surface area contributed by atoms with Crippen LogP contribution in [0.15, 0.2) is 24.3 Å². The summed E-state index contributed by atoms with van der Waals surface area (Å²) in [7, 11) is 0. The molecule has 2 N–H and O–H groups in total. The van der Waals surface area contributed by atoms with Crippen molar-refractivity contribution in [3.05, 3.63) is 35.4 Å². The molecule has 0 radical (unpaired) electrons. The van der Waals surface area contributed by atoms with E-state index in [1.165, 1.54) is 48.3 Å². The van der Waals surface area contributed by atoms with Gasteiger partial charge >= 0.3 is 0 Å². The fourth-order valence-electron chi connectivity index (χ4n) is 2.89. The van der Waals surface area contributed by atoms with Crippen molar-refractivity contribution in [3.63, 3.8) is 0 Å². The molecule has 0 spiro atoms. The zero-order valence-corrected chi connectivity index (χ0v) is 11.6. The van der Waals surface area contributed by atoms with Crippen LogP contribution in [0.5, 0.6) is 0 Å². The highest BCUT2D eigenvalue weighted by atomic mass is 32.2. The highest BCUT2D eigenvalue weighted by Crippen LogP contribution is 2.39. The lowest BCUT2D eigenvalue weighted by Gasteiger charge is -2.27. The summed E-state index contributed by atoms with van der Waals surface area (Å²) in [5.41, 5.74) is 9.47. The van der Waals surface area contributed by atoms with Crippen LogP contribution in [0, 0.1) is 5.41 Å². The van der Waals surface area contributed by atoms with Crippen LogP contribution in [-0.4, -0.2) is 18.1 Å². The number of thioether (sulfide) groups is 1. The average molecular weight is 249 g/mol. The Morgan fingerprint density at radius 3 is 2.41 bits per heavy atom. The number of rotatable bonds is 6. The summed E-state index contributed by atoms with van der Waals surface area (Å²) in [6, 6.07) is 8.85. The molecule has 94 valence electrons. The van der Waals surface area contributed by atoms with E-state index >= 15 is 0 Å². The van der Waals surface area contributed by atoms with E-state index in [0.717, 1.165) is 6.54 Å². The molecule has 0 aromatic heterocycles. The van der Waals surface area contributed by atoms with Crippen LogP contribution in [0.3, 0.4) is 0 Å². The van der Waals surface area contributed by atoms with E-state index < -0.39 is 0 Å². The highest BCUT2D eigenvalue weighted by Gasteiger charge is 2.35. The maximum Gasteiger partial charge on any atom is -0.00141 e. The minimum Gasteiger partial charge on any atom is -0.330 e. The molecule has 0 saturated heterocycles. The standard InChI is InChI=1S/C15H23NS/c1-2-17-9-5-8-15(12-16)10-13-6-3-4-7-14(13)11-15/h3-4,6-7H,2,5,8-12,16H2,1H3. The number of hydrogen-bond donors (Lipinski definition) is 1. The van der Waals surface area contributed by atoms with Crippen molar-refractivity contribution in [1.29, 1.82) is 0 Å². The van der Waals surface area contributed by atoms with Crippen molar-refractivity contribution in [3.8, 4) is 0 Å². The van der Waals surface area contributed by atoms with Crippen molar-refractivity contribution in [2.75, 3.05) is 18.1 Å². The molecule has 0 amide bonds. The summed E-state index contributed by atoms with van der Waals surface area (Å²) in [4.78, 5) is 0. The fraction of sp³-hybridized carbons (Fsp3) is 0.600. The quantitative estimate of drug-likeness (QED) is 0.783. The summed E-state index contributed by atoms with van der Waals surface area (Å²) in [6.45, 7) is 3.06. The molecule has 1 aromatic rings. The molecule has 17 heavy (non-hydrogen) atoms. The second kappa shape index (κ2) is 5.92. The Hall–Kier alpha value is -0.470. The number of hydrogen-bond acceptors (Lipinski definition) is 2. The van der Waals surface area contributed by atoms with Gasteiger partial charge in [0.05, 0.1) is 0 Å². The van der Waals surface area contributed by atoms with Gasteiger partial charge in [-0.1, -0.05) is 31.2 Å². The molecule has 0 fully saturated rings. The molecule has 1 aromatic carbocycles. The smallest absolute Gasteiger partial charge is 0.00141 e. The van der Waals surface area contributed by atoms with Gasteiger partial charge in [0, 0.05) is 0 Å². The lowest BCUT2D eigenvalue weighted by Crippen LogP contribution is -2.31. The first kappa shape index (κ1) is 13.0. The van der Waals surface area contributed by atoms with E-state index in [1.54, 1.807) is 0 Å². The summed E-state index contributed by atoms with van der Waals surface area (Å²) in [6.07, 6.45) is 4.97. The third kappa shape index (κ3) is 3.05. The minimum atomic E-state index is 0.359. The van der Waals surface area contributed by atoms with Gasteiger partial charge in [0.15, 0.2) is 0 Å². The second-order valence-electron chi connectivity index (χ2n) is 5.13. The van der Waals surface area contributed by atoms with E-state index in [2.05, 4.69) is 31.2 Å². The van der Waals surface area contributed by atoms with Gasteiger partial charge in [-0.05, 0) is 60.3 Å². The summed E-state index contributed by atoms with van der Waals surface area (Å²) >= 11 is 2.04. The van der Waals surface area contributed by atoms with Gasteiger partial charge < -0.3 is 5.73 Å². The van der Waals surface area contributed by atoms with Crippen molar-refractivity contribution in [2.24, 2.45) is 11.1 Å².